The zero-order chi connectivity index (χ0) is 13.0. The van der Waals surface area contributed by atoms with Gasteiger partial charge in [0.1, 0.15) is 0 Å². The molecule has 2 heterocycles. The molecule has 0 aliphatic carbocycles. The third-order valence-corrected chi connectivity index (χ3v) is 5.00. The van der Waals surface area contributed by atoms with Gasteiger partial charge in [0.05, 0.1) is 5.69 Å². The Balaban J connectivity index is 2.11. The van der Waals surface area contributed by atoms with Gasteiger partial charge in [-0.25, -0.2) is 4.98 Å². The molecule has 1 fully saturated rings. The quantitative estimate of drug-likeness (QED) is 0.905. The summed E-state index contributed by atoms with van der Waals surface area (Å²) >= 11 is 1.88. The molecular formula is C14H25N3S. The van der Waals surface area contributed by atoms with Crippen molar-refractivity contribution in [3.05, 3.63) is 10.6 Å². The minimum atomic E-state index is 0.424. The predicted octanol–water partition coefficient (Wildman–Crippen LogP) is 3.50. The lowest BCUT2D eigenvalue weighted by atomic mass is 10.2. The van der Waals surface area contributed by atoms with E-state index in [0.29, 0.717) is 6.04 Å². The van der Waals surface area contributed by atoms with Crippen LogP contribution in [0.4, 0.5) is 5.13 Å². The lowest BCUT2D eigenvalue weighted by molar-refractivity contribution is 0.603. The lowest BCUT2D eigenvalue weighted by Crippen LogP contribution is -2.23. The van der Waals surface area contributed by atoms with Crippen molar-refractivity contribution in [2.24, 2.45) is 0 Å². The first-order chi connectivity index (χ1) is 8.72. The highest BCUT2D eigenvalue weighted by atomic mass is 32.1. The van der Waals surface area contributed by atoms with Crippen LogP contribution in [0, 0.1) is 6.92 Å². The van der Waals surface area contributed by atoms with E-state index in [1.54, 1.807) is 0 Å². The molecule has 1 atom stereocenters. The highest BCUT2D eigenvalue weighted by molar-refractivity contribution is 7.15. The van der Waals surface area contributed by atoms with Gasteiger partial charge in [-0.15, -0.1) is 11.3 Å². The van der Waals surface area contributed by atoms with E-state index in [4.69, 9.17) is 4.98 Å². The second-order valence-electron chi connectivity index (χ2n) is 5.13. The SMILES string of the molecule is CCNC(C)c1sc(N2CCCCCC2)nc1C. The maximum atomic E-state index is 4.78. The third-order valence-electron chi connectivity index (χ3n) is 3.60. The minimum Gasteiger partial charge on any atom is -0.348 e. The summed E-state index contributed by atoms with van der Waals surface area (Å²) in [5.74, 6) is 0. The number of hydrogen-bond acceptors (Lipinski definition) is 4. The number of thiazole rings is 1. The van der Waals surface area contributed by atoms with Crippen molar-refractivity contribution in [2.45, 2.75) is 52.5 Å². The number of hydrogen-bond donors (Lipinski definition) is 1. The van der Waals surface area contributed by atoms with Gasteiger partial charge in [-0.1, -0.05) is 19.8 Å². The molecule has 0 spiro atoms. The van der Waals surface area contributed by atoms with Crippen LogP contribution in [0.25, 0.3) is 0 Å². The molecule has 0 amide bonds. The van der Waals surface area contributed by atoms with Crippen molar-refractivity contribution in [1.29, 1.82) is 0 Å². The zero-order valence-corrected chi connectivity index (χ0v) is 12.6. The fourth-order valence-electron chi connectivity index (χ4n) is 2.59. The first-order valence-electron chi connectivity index (χ1n) is 7.18. The van der Waals surface area contributed by atoms with Gasteiger partial charge in [-0.3, -0.25) is 0 Å². The van der Waals surface area contributed by atoms with Crippen molar-refractivity contribution in [1.82, 2.24) is 10.3 Å². The summed E-state index contributed by atoms with van der Waals surface area (Å²) in [5.41, 5.74) is 1.20. The van der Waals surface area contributed by atoms with Crippen LogP contribution in [-0.2, 0) is 0 Å². The van der Waals surface area contributed by atoms with Gasteiger partial charge < -0.3 is 10.2 Å². The maximum Gasteiger partial charge on any atom is 0.185 e. The second-order valence-corrected chi connectivity index (χ2v) is 6.14. The summed E-state index contributed by atoms with van der Waals surface area (Å²) in [7, 11) is 0. The standard InChI is InChI=1S/C14H25N3S/c1-4-15-11(2)13-12(3)16-14(18-13)17-9-7-5-6-8-10-17/h11,15H,4-10H2,1-3H3. The molecule has 2 rings (SSSR count). The molecule has 18 heavy (non-hydrogen) atoms. The van der Waals surface area contributed by atoms with E-state index in [1.807, 2.05) is 11.3 Å². The Kier molecular flexibility index (Phi) is 5.01. The Morgan fingerprint density at radius 3 is 2.56 bits per heavy atom. The van der Waals surface area contributed by atoms with Crippen LogP contribution in [0.3, 0.4) is 0 Å². The first kappa shape index (κ1) is 13.8. The van der Waals surface area contributed by atoms with Crippen molar-refractivity contribution < 1.29 is 0 Å². The molecule has 1 aliphatic rings. The molecule has 3 nitrogen and oxygen atoms in total. The van der Waals surface area contributed by atoms with Crippen LogP contribution < -0.4 is 10.2 Å². The number of aromatic nitrogens is 1. The zero-order valence-electron chi connectivity index (χ0n) is 11.8. The van der Waals surface area contributed by atoms with Crippen molar-refractivity contribution in [3.8, 4) is 0 Å². The van der Waals surface area contributed by atoms with Gasteiger partial charge in [0.25, 0.3) is 0 Å². The van der Waals surface area contributed by atoms with Crippen LogP contribution in [0.5, 0.6) is 0 Å². The fourth-order valence-corrected chi connectivity index (χ4v) is 3.74. The Morgan fingerprint density at radius 2 is 1.94 bits per heavy atom. The van der Waals surface area contributed by atoms with E-state index in [0.717, 1.165) is 6.54 Å². The van der Waals surface area contributed by atoms with Crippen molar-refractivity contribution >= 4 is 16.5 Å². The molecule has 1 aromatic rings. The van der Waals surface area contributed by atoms with Gasteiger partial charge in [0, 0.05) is 24.0 Å². The molecule has 0 saturated carbocycles. The largest absolute Gasteiger partial charge is 0.348 e. The monoisotopic (exact) mass is 267 g/mol. The van der Waals surface area contributed by atoms with Crippen LogP contribution in [0.15, 0.2) is 0 Å². The molecule has 0 radical (unpaired) electrons. The Hall–Kier alpha value is -0.610. The molecule has 1 unspecified atom stereocenters. The number of aryl methyl sites for hydroxylation is 1. The first-order valence-corrected chi connectivity index (χ1v) is 7.99. The summed E-state index contributed by atoms with van der Waals surface area (Å²) in [5, 5.41) is 4.71. The highest BCUT2D eigenvalue weighted by Crippen LogP contribution is 2.31. The Morgan fingerprint density at radius 1 is 1.28 bits per heavy atom. The van der Waals surface area contributed by atoms with Crippen LogP contribution >= 0.6 is 11.3 Å². The van der Waals surface area contributed by atoms with Gasteiger partial charge >= 0.3 is 0 Å². The molecule has 4 heteroatoms. The number of nitrogens with zero attached hydrogens (tertiary/aromatic N) is 2. The van der Waals surface area contributed by atoms with Crippen LogP contribution in [0.1, 0.15) is 56.1 Å². The van der Waals surface area contributed by atoms with E-state index < -0.39 is 0 Å². The minimum absolute atomic E-state index is 0.424. The van der Waals surface area contributed by atoms with E-state index in [9.17, 15) is 0 Å². The summed E-state index contributed by atoms with van der Waals surface area (Å²) < 4.78 is 0. The maximum absolute atomic E-state index is 4.78. The smallest absolute Gasteiger partial charge is 0.185 e. The van der Waals surface area contributed by atoms with E-state index in [-0.39, 0.29) is 0 Å². The molecular weight excluding hydrogens is 242 g/mol. The van der Waals surface area contributed by atoms with Crippen LogP contribution in [-0.4, -0.2) is 24.6 Å². The van der Waals surface area contributed by atoms with E-state index in [1.165, 1.54) is 54.5 Å². The third kappa shape index (κ3) is 3.23. The summed E-state index contributed by atoms with van der Waals surface area (Å²) in [4.78, 5) is 8.66. The average Bonchev–Trinajstić information content (AvgIpc) is 2.58. The van der Waals surface area contributed by atoms with Crippen molar-refractivity contribution in [3.63, 3.8) is 0 Å². The molecule has 1 N–H and O–H groups in total. The average molecular weight is 267 g/mol. The molecule has 0 aromatic carbocycles. The molecule has 1 aliphatic heterocycles. The lowest BCUT2D eigenvalue weighted by Gasteiger charge is -2.18. The van der Waals surface area contributed by atoms with Gasteiger partial charge in [-0.05, 0) is 33.2 Å². The summed E-state index contributed by atoms with van der Waals surface area (Å²) in [6.07, 6.45) is 5.39. The van der Waals surface area contributed by atoms with E-state index >= 15 is 0 Å². The second kappa shape index (κ2) is 6.53. The van der Waals surface area contributed by atoms with Gasteiger partial charge in [-0.2, -0.15) is 0 Å². The number of rotatable bonds is 4. The number of anilines is 1. The topological polar surface area (TPSA) is 28.2 Å². The summed E-state index contributed by atoms with van der Waals surface area (Å²) in [6, 6.07) is 0.424. The van der Waals surface area contributed by atoms with Gasteiger partial charge in [0.15, 0.2) is 5.13 Å². The predicted molar refractivity (Wildman–Crippen MR) is 79.6 cm³/mol. The molecule has 102 valence electrons. The van der Waals surface area contributed by atoms with E-state index in [2.05, 4.69) is 31.0 Å². The van der Waals surface area contributed by atoms with Crippen molar-refractivity contribution in [2.75, 3.05) is 24.5 Å². The molecule has 1 saturated heterocycles. The van der Waals surface area contributed by atoms with Gasteiger partial charge in [0.2, 0.25) is 0 Å². The number of nitrogens with one attached hydrogen (secondary N) is 1. The van der Waals surface area contributed by atoms with Crippen LogP contribution in [0.2, 0.25) is 0 Å². The fraction of sp³-hybridized carbons (Fsp3) is 0.786. The highest BCUT2D eigenvalue weighted by Gasteiger charge is 2.18. The molecule has 0 bridgehead atoms. The molecule has 1 aromatic heterocycles. The Bertz CT molecular complexity index is 367. The normalized spacial score (nSPS) is 18.7. The summed E-state index contributed by atoms with van der Waals surface area (Å²) in [6.45, 7) is 9.90. The Labute approximate surface area is 115 Å².